The van der Waals surface area contributed by atoms with Crippen LogP contribution in [0, 0.1) is 0 Å². The van der Waals surface area contributed by atoms with Gasteiger partial charge in [0, 0.05) is 0 Å². The minimum atomic E-state index is -0.158. The Morgan fingerprint density at radius 1 is 1.10 bits per heavy atom. The Labute approximate surface area is 87.5 Å². The van der Waals surface area contributed by atoms with E-state index in [0.717, 1.165) is 12.8 Å². The summed E-state index contributed by atoms with van der Waals surface area (Å²) in [4.78, 5) is -0.158. The maximum Gasteiger partial charge on any atom is -1.00 e. The zero-order chi connectivity index (χ0) is 7.11. The van der Waals surface area contributed by atoms with E-state index >= 15 is 0 Å². The third kappa shape index (κ3) is 12.1. The molecule has 0 bridgehead atoms. The summed E-state index contributed by atoms with van der Waals surface area (Å²) in [5, 5.41) is 1.19. The summed E-state index contributed by atoms with van der Waals surface area (Å²) < 4.78 is 0. The Hall–Kier alpha value is 1.40. The summed E-state index contributed by atoms with van der Waals surface area (Å²) in [6.45, 7) is 0. The van der Waals surface area contributed by atoms with Gasteiger partial charge in [-0.05, 0) is 0 Å². The maximum atomic E-state index is 5.52. The molecule has 4 heteroatoms. The molecule has 0 saturated carbocycles. The molecule has 0 N–H and O–H groups in total. The number of unbranched alkanes of at least 4 members (excludes halogenated alkanes) is 2. The molecule has 1 radical (unpaired) electrons. The molecule has 59 valence electrons. The number of hydrogen-bond donors (Lipinski definition) is 0. The van der Waals surface area contributed by atoms with Crippen molar-refractivity contribution in [3.63, 3.8) is 0 Å². The summed E-state index contributed by atoms with van der Waals surface area (Å²) in [6.07, 6.45) is 4.62. The van der Waals surface area contributed by atoms with Crippen LogP contribution in [0.5, 0.6) is 0 Å². The van der Waals surface area contributed by atoms with E-state index in [9.17, 15) is 0 Å². The van der Waals surface area contributed by atoms with Crippen molar-refractivity contribution < 1.29 is 12.4 Å². The normalized spacial score (nSPS) is 9.40. The third-order valence-corrected chi connectivity index (χ3v) is 1.97. The second kappa shape index (κ2) is 10.4. The van der Waals surface area contributed by atoms with Gasteiger partial charge in [-0.3, -0.25) is 0 Å². The van der Waals surface area contributed by atoms with E-state index in [-0.39, 0.29) is 17.2 Å². The van der Waals surface area contributed by atoms with Crippen LogP contribution >= 0.6 is 23.2 Å². The van der Waals surface area contributed by atoms with Gasteiger partial charge >= 0.3 is 75.3 Å². The average Bonchev–Trinajstić information content (AvgIpc) is 1.80. The third-order valence-electron chi connectivity index (χ3n) is 1.13. The number of rotatable bonds is 5. The number of halogens is 3. The fourth-order valence-corrected chi connectivity index (χ4v) is 1.22. The van der Waals surface area contributed by atoms with Gasteiger partial charge in [0.05, 0.1) is 0 Å². The quantitative estimate of drug-likeness (QED) is 0.343. The zero-order valence-electron chi connectivity index (χ0n) is 5.82. The molecule has 0 aromatic heterocycles. The Kier molecular flexibility index (Phi) is 14.5. The van der Waals surface area contributed by atoms with Gasteiger partial charge in [-0.25, -0.2) is 0 Å². The van der Waals surface area contributed by atoms with Crippen LogP contribution in [0.2, 0.25) is 5.28 Å². The van der Waals surface area contributed by atoms with Crippen molar-refractivity contribution >= 4 is 39.5 Å². The van der Waals surface area contributed by atoms with Gasteiger partial charge < -0.3 is 12.4 Å². The van der Waals surface area contributed by atoms with Crippen molar-refractivity contribution in [2.75, 3.05) is 0 Å². The topological polar surface area (TPSA) is 0 Å². The first-order valence-electron chi connectivity index (χ1n) is 3.25. The molecule has 0 aliphatic carbocycles. The molecule has 0 heterocycles. The second-order valence-electron chi connectivity index (χ2n) is 2.03. The van der Waals surface area contributed by atoms with E-state index < -0.39 is 0 Å². The zero-order valence-corrected chi connectivity index (χ0v) is 9.25. The fourth-order valence-electron chi connectivity index (χ4n) is 0.620. The fraction of sp³-hybridized carbons (Fsp3) is 1.00. The molecular weight excluding hydrogens is 205 g/mol. The Balaban J connectivity index is 0. The number of hydrogen-bond acceptors (Lipinski definition) is 0. The molecule has 0 aliphatic heterocycles. The van der Waals surface area contributed by atoms with Crippen molar-refractivity contribution in [2.45, 2.75) is 35.8 Å². The van der Waals surface area contributed by atoms with E-state index in [4.69, 9.17) is 23.2 Å². The van der Waals surface area contributed by atoms with Gasteiger partial charge in [-0.2, -0.15) is 0 Å². The summed E-state index contributed by atoms with van der Waals surface area (Å²) in [6, 6.07) is 0. The Morgan fingerprint density at radius 2 is 1.70 bits per heavy atom. The van der Waals surface area contributed by atoms with Crippen LogP contribution < -0.4 is 12.4 Å². The smallest absolute Gasteiger partial charge is 1.00 e. The van der Waals surface area contributed by atoms with Crippen LogP contribution in [0.15, 0.2) is 0 Å². The second-order valence-corrected chi connectivity index (χ2v) is 3.88. The molecule has 0 rings (SSSR count). The first kappa shape index (κ1) is 14.0. The molecule has 0 fully saturated rings. The van der Waals surface area contributed by atoms with Gasteiger partial charge in [-0.1, -0.05) is 0 Å². The summed E-state index contributed by atoms with van der Waals surface area (Å²) in [5.74, 6) is 0. The SMILES string of the molecule is [Al+][CH2]CCCCC(Cl)Cl.[Cl-]. The van der Waals surface area contributed by atoms with E-state index in [1.807, 2.05) is 0 Å². The van der Waals surface area contributed by atoms with Crippen molar-refractivity contribution in [1.29, 1.82) is 0 Å². The molecule has 0 spiro atoms. The molecule has 0 amide bonds. The Bertz CT molecular complexity index is 59.0. The van der Waals surface area contributed by atoms with Gasteiger partial charge in [-0.15, -0.1) is 0 Å². The summed E-state index contributed by atoms with van der Waals surface area (Å²) >= 11 is 13.7. The van der Waals surface area contributed by atoms with Crippen molar-refractivity contribution in [2.24, 2.45) is 0 Å². The average molecular weight is 216 g/mol. The number of alkyl halides is 2. The maximum absolute atomic E-state index is 5.52. The van der Waals surface area contributed by atoms with E-state index in [1.54, 1.807) is 0 Å². The minimum Gasteiger partial charge on any atom is -1.00 e. The van der Waals surface area contributed by atoms with E-state index in [1.165, 1.54) is 18.1 Å². The van der Waals surface area contributed by atoms with Crippen molar-refractivity contribution in [1.82, 2.24) is 0 Å². The monoisotopic (exact) mass is 215 g/mol. The van der Waals surface area contributed by atoms with Crippen LogP contribution in [0.1, 0.15) is 25.7 Å². The first-order chi connectivity index (χ1) is 4.27. The van der Waals surface area contributed by atoms with Gasteiger partial charge in [0.2, 0.25) is 0 Å². The van der Waals surface area contributed by atoms with Crippen LogP contribution in [-0.4, -0.2) is 21.1 Å². The van der Waals surface area contributed by atoms with Gasteiger partial charge in [0.1, 0.15) is 0 Å². The summed E-state index contributed by atoms with van der Waals surface area (Å²) in [7, 11) is 0. The molecule has 0 aliphatic rings. The van der Waals surface area contributed by atoms with E-state index in [2.05, 4.69) is 16.3 Å². The molecule has 0 nitrogen and oxygen atoms in total. The predicted molar refractivity (Wildman–Crippen MR) is 44.5 cm³/mol. The Morgan fingerprint density at radius 3 is 2.10 bits per heavy atom. The van der Waals surface area contributed by atoms with E-state index in [0.29, 0.717) is 0 Å². The van der Waals surface area contributed by atoms with Crippen LogP contribution in [0.3, 0.4) is 0 Å². The van der Waals surface area contributed by atoms with Gasteiger partial charge in [0.25, 0.3) is 0 Å². The molecule has 0 atom stereocenters. The predicted octanol–water partition coefficient (Wildman–Crippen LogP) is -0.0587. The molecular formula is C6H11AlCl3. The van der Waals surface area contributed by atoms with Crippen LogP contribution in [0.4, 0.5) is 0 Å². The molecule has 0 aromatic rings. The molecule has 0 saturated heterocycles. The van der Waals surface area contributed by atoms with Crippen LogP contribution in [-0.2, 0) is 0 Å². The van der Waals surface area contributed by atoms with Crippen molar-refractivity contribution in [3.8, 4) is 0 Å². The largest absolute Gasteiger partial charge is 1.00 e. The molecule has 10 heavy (non-hydrogen) atoms. The summed E-state index contributed by atoms with van der Waals surface area (Å²) in [5.41, 5.74) is 0. The van der Waals surface area contributed by atoms with Crippen LogP contribution in [0.25, 0.3) is 0 Å². The standard InChI is InChI=1S/C6H11Cl2.Al.ClH/c1-2-3-4-5-6(7)8;;/h6H,1-5H2;;1H/q;+1;/p-1. The molecule has 0 aromatic carbocycles. The first-order valence-corrected chi connectivity index (χ1v) is 4.94. The van der Waals surface area contributed by atoms with Gasteiger partial charge in [0.15, 0.2) is 0 Å². The molecule has 0 unspecified atom stereocenters. The van der Waals surface area contributed by atoms with Crippen molar-refractivity contribution in [3.05, 3.63) is 0 Å². The minimum absolute atomic E-state index is 0.